The number of hydrogen-bond donors (Lipinski definition) is 3. The Morgan fingerprint density at radius 1 is 0.818 bits per heavy atom. The van der Waals surface area contributed by atoms with Crippen LogP contribution in [0.2, 0.25) is 0 Å². The normalized spacial score (nSPS) is 41.8. The molecule has 0 aromatic heterocycles. The van der Waals surface area contributed by atoms with E-state index in [2.05, 4.69) is 0 Å². The first kappa shape index (κ1) is 40.1. The van der Waals surface area contributed by atoms with Crippen molar-refractivity contribution in [2.75, 3.05) is 28.4 Å². The quantitative estimate of drug-likeness (QED) is 0.152. The third kappa shape index (κ3) is 9.98. The second kappa shape index (κ2) is 18.5. The van der Waals surface area contributed by atoms with Gasteiger partial charge in [-0.2, -0.15) is 0 Å². The first-order valence-corrected chi connectivity index (χ1v) is 14.6. The van der Waals surface area contributed by atoms with Gasteiger partial charge in [-0.1, -0.05) is 0 Å². The minimum Gasteiger partial charge on any atom is -0.550 e. The Balaban J connectivity index is 0.00000675. The van der Waals surface area contributed by atoms with Crippen LogP contribution in [0.1, 0.15) is 47.0 Å². The molecule has 3 rings (SSSR count). The van der Waals surface area contributed by atoms with Gasteiger partial charge in [0.2, 0.25) is 0 Å². The zero-order valence-corrected chi connectivity index (χ0v) is 29.1. The van der Waals surface area contributed by atoms with Crippen LogP contribution in [0.5, 0.6) is 0 Å². The monoisotopic (exact) mass is 648 g/mol. The summed E-state index contributed by atoms with van der Waals surface area (Å²) < 4.78 is 58.4. The zero-order valence-electron chi connectivity index (χ0n) is 27.1. The number of methoxy groups -OCH3 is 4. The molecule has 0 bridgehead atoms. The van der Waals surface area contributed by atoms with Gasteiger partial charge in [0.25, 0.3) is 0 Å². The second-order valence-corrected chi connectivity index (χ2v) is 11.3. The van der Waals surface area contributed by atoms with Crippen molar-refractivity contribution < 1.29 is 102 Å². The van der Waals surface area contributed by atoms with Crippen LogP contribution in [0.25, 0.3) is 0 Å². The van der Waals surface area contributed by atoms with Crippen LogP contribution in [-0.4, -0.2) is 148 Å². The van der Waals surface area contributed by atoms with Crippen molar-refractivity contribution in [1.29, 1.82) is 0 Å². The summed E-state index contributed by atoms with van der Waals surface area (Å²) in [6.07, 6.45) is -12.6. The number of carboxylic acids is 1. The van der Waals surface area contributed by atoms with Crippen LogP contribution in [0, 0.1) is 0 Å². The van der Waals surface area contributed by atoms with Crippen LogP contribution in [-0.2, 0) is 52.2 Å². The van der Waals surface area contributed by atoms with Crippen molar-refractivity contribution in [3.8, 4) is 0 Å². The summed E-state index contributed by atoms with van der Waals surface area (Å²) in [5.41, 5.74) is 0. The molecule has 0 unspecified atom stereocenters. The van der Waals surface area contributed by atoms with Crippen LogP contribution >= 0.6 is 0 Å². The van der Waals surface area contributed by atoms with Gasteiger partial charge in [-0.15, -0.1) is 0 Å². The van der Waals surface area contributed by atoms with Gasteiger partial charge in [-0.3, -0.25) is 0 Å². The van der Waals surface area contributed by atoms with Crippen LogP contribution < -0.4 is 34.7 Å². The van der Waals surface area contributed by atoms with E-state index in [4.69, 9.17) is 47.4 Å². The van der Waals surface area contributed by atoms with Gasteiger partial charge in [0, 0.05) is 53.7 Å². The van der Waals surface area contributed by atoms with Gasteiger partial charge in [0.1, 0.15) is 36.6 Å². The van der Waals surface area contributed by atoms with Crippen molar-refractivity contribution in [2.45, 2.75) is 145 Å². The van der Waals surface area contributed by atoms with Crippen LogP contribution in [0.3, 0.4) is 0 Å². The molecule has 0 amide bonds. The maximum absolute atomic E-state index is 11.2. The largest absolute Gasteiger partial charge is 1.00 e. The van der Waals surface area contributed by atoms with Crippen molar-refractivity contribution in [2.24, 2.45) is 0 Å². The van der Waals surface area contributed by atoms with Crippen LogP contribution in [0.15, 0.2) is 0 Å². The maximum atomic E-state index is 11.2. The maximum Gasteiger partial charge on any atom is 1.00 e. The molecule has 0 saturated carbocycles. The van der Waals surface area contributed by atoms with Crippen molar-refractivity contribution in [1.82, 2.24) is 0 Å². The van der Waals surface area contributed by atoms with Gasteiger partial charge in [0.05, 0.1) is 42.7 Å². The van der Waals surface area contributed by atoms with E-state index in [1.54, 1.807) is 20.8 Å². The summed E-state index contributed by atoms with van der Waals surface area (Å²) in [4.78, 5) is 11.2. The molecule has 0 aromatic carbocycles. The molecule has 44 heavy (non-hydrogen) atoms. The number of ether oxygens (including phenoxy) is 10. The summed E-state index contributed by atoms with van der Waals surface area (Å²) in [6, 6.07) is 0. The number of carboxylic acid groups (broad SMARTS) is 1. The molecule has 3 aliphatic rings. The minimum atomic E-state index is -1.33. The van der Waals surface area contributed by atoms with E-state index in [9.17, 15) is 25.2 Å². The number of aliphatic hydroxyl groups excluding tert-OH is 3. The van der Waals surface area contributed by atoms with E-state index in [0.29, 0.717) is 0 Å². The number of aliphatic carboxylic acids is 1. The summed E-state index contributed by atoms with van der Waals surface area (Å²) >= 11 is 0. The van der Waals surface area contributed by atoms with E-state index >= 15 is 0 Å². The molecule has 0 aromatic rings. The molecule has 3 heterocycles. The Morgan fingerprint density at radius 2 is 1.36 bits per heavy atom. The third-order valence-corrected chi connectivity index (χ3v) is 8.32. The van der Waals surface area contributed by atoms with Gasteiger partial charge in [0.15, 0.2) is 18.9 Å². The Kier molecular flexibility index (Phi) is 16.9. The molecular formula is C28H49NaO15. The average molecular weight is 649 g/mol. The molecule has 0 spiro atoms. The minimum absolute atomic E-state index is 0. The molecule has 3 fully saturated rings. The predicted molar refractivity (Wildman–Crippen MR) is 143 cm³/mol. The summed E-state index contributed by atoms with van der Waals surface area (Å²) in [5.74, 6) is -1.33. The molecule has 0 radical (unpaired) electrons. The molecule has 3 aliphatic heterocycles. The van der Waals surface area contributed by atoms with E-state index in [-0.39, 0.29) is 42.4 Å². The Bertz CT molecular complexity index is 854. The molecule has 15 nitrogen and oxygen atoms in total. The van der Waals surface area contributed by atoms with E-state index in [1.165, 1.54) is 35.4 Å². The fourth-order valence-corrected chi connectivity index (χ4v) is 5.93. The summed E-state index contributed by atoms with van der Waals surface area (Å²) in [5, 5.41) is 42.4. The second-order valence-electron chi connectivity index (χ2n) is 11.3. The molecule has 0 aliphatic carbocycles. The third-order valence-electron chi connectivity index (χ3n) is 8.32. The number of rotatable bonds is 14. The standard InChI is InChI=1S/C28H50O15.Na/c1-12(29)24(16(34-5)9-19(30)31)41-20-10-17(35-6)25(14(3)38-20)42-21-11-18(36-7)26(15(4)39-21)43-28-23(33)27(37-8)22(32)13(2)40-28;/h12-18,20-29,32-33H,9-11H2,1-8H3,(H,30,31);/q;+1/p-1/t12-,13-,14-,15-,16+,17+,18-,20+,21+,22-,23-,24-,25-,26-,27-,28+;/m1./s1. The number of carbonyl (C=O) groups is 1. The molecule has 3 saturated heterocycles. The first-order chi connectivity index (χ1) is 20.3. The molecular weight excluding hydrogens is 599 g/mol. The zero-order chi connectivity index (χ0) is 32.0. The average Bonchev–Trinajstić information content (AvgIpc) is 2.95. The van der Waals surface area contributed by atoms with E-state index < -0.39 is 111 Å². The van der Waals surface area contributed by atoms with E-state index in [1.807, 2.05) is 0 Å². The van der Waals surface area contributed by atoms with Gasteiger partial charge in [-0.05, 0) is 27.7 Å². The summed E-state index contributed by atoms with van der Waals surface area (Å²) in [7, 11) is 5.80. The topological polar surface area (TPSA) is 193 Å². The molecule has 16 atom stereocenters. The van der Waals surface area contributed by atoms with Crippen molar-refractivity contribution in [3.63, 3.8) is 0 Å². The number of aliphatic hydroxyl groups is 3. The van der Waals surface area contributed by atoms with E-state index in [0.717, 1.165) is 0 Å². The Hall–Kier alpha value is -0.0500. The van der Waals surface area contributed by atoms with Crippen molar-refractivity contribution in [3.05, 3.63) is 0 Å². The smallest absolute Gasteiger partial charge is 0.550 e. The fourth-order valence-electron chi connectivity index (χ4n) is 5.93. The first-order valence-electron chi connectivity index (χ1n) is 14.6. The molecule has 3 N–H and O–H groups in total. The van der Waals surface area contributed by atoms with Gasteiger partial charge < -0.3 is 72.6 Å². The summed E-state index contributed by atoms with van der Waals surface area (Å²) in [6.45, 7) is 6.72. The fraction of sp³-hybridized carbons (Fsp3) is 0.964. The van der Waals surface area contributed by atoms with Crippen LogP contribution in [0.4, 0.5) is 0 Å². The number of carbonyl (C=O) groups excluding carboxylic acids is 1. The van der Waals surface area contributed by atoms with Crippen molar-refractivity contribution >= 4 is 5.97 Å². The predicted octanol–water partition coefficient (Wildman–Crippen LogP) is -4.54. The number of hydrogen-bond acceptors (Lipinski definition) is 15. The molecule has 16 heteroatoms. The SMILES string of the molecule is CO[C@H]1[C@@H](O)[C@H](O[C@@H]2[C@@H](C)O[C@@H](O[C@H]3[C@@H](OC)C[C@H](O[C@@H]([C@H](CC(=O)[O-])OC)[C@@H](C)O)O[C@@H]3C)C[C@H]2OC)O[C@H](C)[C@H]1O.[Na+]. The van der Waals surface area contributed by atoms with Gasteiger partial charge >= 0.3 is 29.6 Å². The Labute approximate surface area is 280 Å². The Morgan fingerprint density at radius 3 is 1.86 bits per heavy atom. The van der Waals surface area contributed by atoms with Gasteiger partial charge in [-0.25, -0.2) is 0 Å². The molecule has 252 valence electrons.